The predicted octanol–water partition coefficient (Wildman–Crippen LogP) is 2.23. The van der Waals surface area contributed by atoms with Crippen molar-refractivity contribution in [3.05, 3.63) is 11.6 Å². The lowest BCUT2D eigenvalue weighted by Crippen LogP contribution is -1.74. The monoisotopic (exact) mass is 125 g/mol. The predicted molar refractivity (Wildman–Crippen MR) is 39.0 cm³/mol. The molecule has 1 heteroatoms. The van der Waals surface area contributed by atoms with Crippen LogP contribution in [-0.4, -0.2) is 6.29 Å². The molecule has 0 unspecified atom stereocenters. The van der Waals surface area contributed by atoms with Crippen molar-refractivity contribution in [2.45, 2.75) is 33.1 Å². The van der Waals surface area contributed by atoms with E-state index in [-0.39, 0.29) is 0 Å². The Bertz CT molecular complexity index is 99.1. The second-order valence-corrected chi connectivity index (χ2v) is 2.32. The molecule has 9 heavy (non-hydrogen) atoms. The van der Waals surface area contributed by atoms with Gasteiger partial charge in [0.1, 0.15) is 0 Å². The molecule has 51 valence electrons. The first kappa shape index (κ1) is 8.41. The number of hydrogen-bond acceptors (Lipinski definition) is 1. The molecular weight excluding hydrogens is 112 g/mol. The Morgan fingerprint density at radius 2 is 2.22 bits per heavy atom. The largest absolute Gasteiger partial charge is 0.291 e. The van der Waals surface area contributed by atoms with Crippen LogP contribution < -0.4 is 0 Å². The quantitative estimate of drug-likeness (QED) is 0.416. The molecule has 0 bridgehead atoms. The second-order valence-electron chi connectivity index (χ2n) is 2.32. The Morgan fingerprint density at radius 1 is 1.56 bits per heavy atom. The van der Waals surface area contributed by atoms with Crippen LogP contribution in [0, 0.1) is 0 Å². The molecule has 0 N–H and O–H groups in total. The van der Waals surface area contributed by atoms with Gasteiger partial charge in [0.25, 0.3) is 0 Å². The SMILES string of the molecule is CC(C)=CCCC[C]=O. The van der Waals surface area contributed by atoms with Gasteiger partial charge in [0.2, 0.25) is 0 Å². The molecule has 0 saturated heterocycles. The maximum absolute atomic E-state index is 9.70. The van der Waals surface area contributed by atoms with Crippen molar-refractivity contribution in [1.29, 1.82) is 0 Å². The summed E-state index contributed by atoms with van der Waals surface area (Å²) in [6, 6.07) is 0. The third-order valence-electron chi connectivity index (χ3n) is 1.04. The topological polar surface area (TPSA) is 17.1 Å². The molecule has 0 aromatic carbocycles. The van der Waals surface area contributed by atoms with Crippen LogP contribution in [0.2, 0.25) is 0 Å². The summed E-state index contributed by atoms with van der Waals surface area (Å²) >= 11 is 0. The van der Waals surface area contributed by atoms with E-state index in [1.54, 1.807) is 0 Å². The Labute approximate surface area is 56.8 Å². The van der Waals surface area contributed by atoms with Crippen LogP contribution in [0.4, 0.5) is 0 Å². The number of rotatable bonds is 4. The summed E-state index contributed by atoms with van der Waals surface area (Å²) in [6.07, 6.45) is 6.52. The molecule has 0 atom stereocenters. The van der Waals surface area contributed by atoms with Gasteiger partial charge in [-0.3, -0.25) is 4.79 Å². The summed E-state index contributed by atoms with van der Waals surface area (Å²) in [4.78, 5) is 9.70. The van der Waals surface area contributed by atoms with Gasteiger partial charge in [-0.1, -0.05) is 11.6 Å². The minimum atomic E-state index is 0.573. The molecule has 0 fully saturated rings. The first-order chi connectivity index (χ1) is 4.27. The fourth-order valence-corrected chi connectivity index (χ4v) is 0.565. The molecule has 0 amide bonds. The van der Waals surface area contributed by atoms with Crippen LogP contribution in [0.5, 0.6) is 0 Å². The minimum absolute atomic E-state index is 0.573. The Kier molecular flexibility index (Phi) is 5.18. The van der Waals surface area contributed by atoms with E-state index in [0.717, 1.165) is 12.8 Å². The average molecular weight is 125 g/mol. The van der Waals surface area contributed by atoms with E-state index in [4.69, 9.17) is 0 Å². The number of carbonyl (C=O) groups excluding carboxylic acids is 1. The molecule has 0 aromatic rings. The van der Waals surface area contributed by atoms with E-state index in [1.165, 1.54) is 5.57 Å². The average Bonchev–Trinajstić information content (AvgIpc) is 1.80. The summed E-state index contributed by atoms with van der Waals surface area (Å²) < 4.78 is 0. The number of hydrogen-bond donors (Lipinski definition) is 0. The van der Waals surface area contributed by atoms with E-state index >= 15 is 0 Å². The van der Waals surface area contributed by atoms with Gasteiger partial charge in [-0.25, -0.2) is 0 Å². The van der Waals surface area contributed by atoms with Crippen LogP contribution in [0.25, 0.3) is 0 Å². The van der Waals surface area contributed by atoms with E-state index in [2.05, 4.69) is 19.9 Å². The van der Waals surface area contributed by atoms with Gasteiger partial charge >= 0.3 is 0 Å². The van der Waals surface area contributed by atoms with E-state index in [9.17, 15) is 4.79 Å². The highest BCUT2D eigenvalue weighted by Gasteiger charge is 1.82. The van der Waals surface area contributed by atoms with Crippen molar-refractivity contribution < 1.29 is 4.79 Å². The normalized spacial score (nSPS) is 8.67. The van der Waals surface area contributed by atoms with Gasteiger partial charge < -0.3 is 0 Å². The first-order valence-electron chi connectivity index (χ1n) is 3.25. The van der Waals surface area contributed by atoms with Gasteiger partial charge in [0.05, 0.1) is 0 Å². The molecule has 0 rings (SSSR count). The lowest BCUT2D eigenvalue weighted by Gasteiger charge is -1.88. The van der Waals surface area contributed by atoms with Gasteiger partial charge in [-0.05, 0) is 26.7 Å². The van der Waals surface area contributed by atoms with Crippen LogP contribution in [0.1, 0.15) is 33.1 Å². The minimum Gasteiger partial charge on any atom is -0.291 e. The van der Waals surface area contributed by atoms with Gasteiger partial charge in [0, 0.05) is 6.42 Å². The molecule has 0 saturated carbocycles. The van der Waals surface area contributed by atoms with Crippen molar-refractivity contribution in [3.8, 4) is 0 Å². The molecule has 1 nitrogen and oxygen atoms in total. The smallest absolute Gasteiger partial charge is 0.198 e. The third-order valence-corrected chi connectivity index (χ3v) is 1.04. The second kappa shape index (κ2) is 5.54. The van der Waals surface area contributed by atoms with E-state index in [1.807, 2.05) is 6.29 Å². The molecule has 0 aromatic heterocycles. The summed E-state index contributed by atoms with van der Waals surface area (Å²) in [6.45, 7) is 4.12. The maximum Gasteiger partial charge on any atom is 0.198 e. The van der Waals surface area contributed by atoms with Crippen LogP contribution in [0.15, 0.2) is 11.6 Å². The first-order valence-corrected chi connectivity index (χ1v) is 3.25. The summed E-state index contributed by atoms with van der Waals surface area (Å²) in [5.41, 5.74) is 1.32. The zero-order chi connectivity index (χ0) is 7.11. The molecule has 0 aliphatic carbocycles. The van der Waals surface area contributed by atoms with Crippen LogP contribution in [-0.2, 0) is 4.79 Å². The summed E-state index contributed by atoms with van der Waals surface area (Å²) in [5, 5.41) is 0. The standard InChI is InChI=1S/C8H13O/c1-8(2)6-4-3-5-7-9/h6H,3-5H2,1-2H3. The van der Waals surface area contributed by atoms with E-state index in [0.29, 0.717) is 6.42 Å². The van der Waals surface area contributed by atoms with Crippen molar-refractivity contribution in [2.24, 2.45) is 0 Å². The highest BCUT2D eigenvalue weighted by molar-refractivity contribution is 5.50. The fourth-order valence-electron chi connectivity index (χ4n) is 0.565. The number of unbranched alkanes of at least 4 members (excludes halogenated alkanes) is 2. The Hall–Kier alpha value is -0.590. The molecule has 1 radical (unpaired) electrons. The van der Waals surface area contributed by atoms with Crippen molar-refractivity contribution in [1.82, 2.24) is 0 Å². The molecule has 0 heterocycles. The lowest BCUT2D eigenvalue weighted by atomic mass is 10.2. The highest BCUT2D eigenvalue weighted by atomic mass is 16.1. The highest BCUT2D eigenvalue weighted by Crippen LogP contribution is 1.97. The Morgan fingerprint density at radius 3 is 2.67 bits per heavy atom. The van der Waals surface area contributed by atoms with Crippen molar-refractivity contribution >= 4 is 6.29 Å². The zero-order valence-electron chi connectivity index (χ0n) is 6.11. The van der Waals surface area contributed by atoms with Crippen LogP contribution in [0.3, 0.4) is 0 Å². The Balaban J connectivity index is 3.09. The maximum atomic E-state index is 9.70. The summed E-state index contributed by atoms with van der Waals surface area (Å²) in [7, 11) is 0. The molecular formula is C8H13O. The molecule has 0 aliphatic heterocycles. The summed E-state index contributed by atoms with van der Waals surface area (Å²) in [5.74, 6) is 0. The number of allylic oxidation sites excluding steroid dienone is 2. The molecule has 0 spiro atoms. The van der Waals surface area contributed by atoms with Crippen molar-refractivity contribution in [3.63, 3.8) is 0 Å². The fraction of sp³-hybridized carbons (Fsp3) is 0.625. The zero-order valence-corrected chi connectivity index (χ0v) is 6.11. The van der Waals surface area contributed by atoms with Crippen molar-refractivity contribution in [2.75, 3.05) is 0 Å². The van der Waals surface area contributed by atoms with Gasteiger partial charge in [0.15, 0.2) is 6.29 Å². The third kappa shape index (κ3) is 7.41. The van der Waals surface area contributed by atoms with Crippen LogP contribution >= 0.6 is 0 Å². The van der Waals surface area contributed by atoms with Gasteiger partial charge in [-0.15, -0.1) is 0 Å². The lowest BCUT2D eigenvalue weighted by molar-refractivity contribution is 0.549. The van der Waals surface area contributed by atoms with E-state index < -0.39 is 0 Å². The van der Waals surface area contributed by atoms with Gasteiger partial charge in [-0.2, -0.15) is 0 Å². The molecule has 0 aliphatic rings.